The van der Waals surface area contributed by atoms with Crippen LogP contribution in [0.25, 0.3) is 0 Å². The summed E-state index contributed by atoms with van der Waals surface area (Å²) in [6.07, 6.45) is 0. The maximum absolute atomic E-state index is 6.30. The van der Waals surface area contributed by atoms with Gasteiger partial charge in [0.25, 0.3) is 0 Å². The first-order valence-corrected chi connectivity index (χ1v) is 14.6. The van der Waals surface area contributed by atoms with Gasteiger partial charge in [0.15, 0.2) is 0 Å². The zero-order chi connectivity index (χ0) is 21.6. The quantitative estimate of drug-likeness (QED) is 0.281. The molecule has 0 saturated heterocycles. The van der Waals surface area contributed by atoms with Crippen LogP contribution in [0.1, 0.15) is 101 Å². The Kier molecular flexibility index (Phi) is 9.37. The molecule has 2 aromatic rings. The maximum Gasteiger partial charge on any atom is 0.391 e. The third-order valence-electron chi connectivity index (χ3n) is 5.01. The minimum Gasteiger partial charge on any atom is -0.530 e. The molecule has 5 heteroatoms. The number of benzene rings is 2. The lowest BCUT2D eigenvalue weighted by Crippen LogP contribution is -2.11. The van der Waals surface area contributed by atoms with Crippen LogP contribution in [-0.4, -0.2) is 17.8 Å². The van der Waals surface area contributed by atoms with Gasteiger partial charge in [0.2, 0.25) is 0 Å². The van der Waals surface area contributed by atoms with Crippen molar-refractivity contribution >= 4 is 28.5 Å². The van der Waals surface area contributed by atoms with Gasteiger partial charge in [-0.25, -0.2) is 0 Å². The van der Waals surface area contributed by atoms with E-state index in [0.29, 0.717) is 41.5 Å². The van der Waals surface area contributed by atoms with Crippen LogP contribution >= 0.6 is 10.7 Å². The van der Waals surface area contributed by atoms with Gasteiger partial charge in [0, 0.05) is 0 Å². The summed E-state index contributed by atoms with van der Waals surface area (Å²) in [4.78, 5) is 0. The van der Waals surface area contributed by atoms with E-state index in [-0.39, 0.29) is 0 Å². The molecule has 0 amide bonds. The molecular weight excluding hydrogens is 409 g/mol. The Hall–Kier alpha value is -1.18. The summed E-state index contributed by atoms with van der Waals surface area (Å²) < 4.78 is 12.6. The second kappa shape index (κ2) is 11.3. The fourth-order valence-corrected chi connectivity index (χ4v) is 6.01. The molecule has 0 aliphatic heterocycles. The van der Waals surface area contributed by atoms with Gasteiger partial charge in [-0.15, -0.1) is 10.7 Å². The van der Waals surface area contributed by atoms with E-state index in [1.807, 2.05) is 0 Å². The van der Waals surface area contributed by atoms with E-state index in [4.69, 9.17) is 8.85 Å². The average molecular weight is 443 g/mol. The molecule has 0 bridgehead atoms. The van der Waals surface area contributed by atoms with Crippen molar-refractivity contribution in [2.75, 3.05) is 0 Å². The zero-order valence-electron chi connectivity index (χ0n) is 19.0. The summed E-state index contributed by atoms with van der Waals surface area (Å²) >= 11 is 0. The van der Waals surface area contributed by atoms with E-state index < -0.39 is 0 Å². The fraction of sp³-hybridized carbons (Fsp3) is 0.500. The van der Waals surface area contributed by atoms with Crippen LogP contribution in [0.5, 0.6) is 11.5 Å². The van der Waals surface area contributed by atoms with Crippen LogP contribution in [0.2, 0.25) is 0 Å². The molecule has 2 aromatic carbocycles. The molecule has 156 valence electrons. The molecular formula is C24H34O2SSi2. The van der Waals surface area contributed by atoms with Crippen molar-refractivity contribution in [3.05, 3.63) is 58.7 Å². The number of hydrogen-bond acceptors (Lipinski definition) is 3. The first-order chi connectivity index (χ1) is 13.7. The predicted molar refractivity (Wildman–Crippen MR) is 130 cm³/mol. The van der Waals surface area contributed by atoms with Gasteiger partial charge in [-0.3, -0.25) is 0 Å². The normalized spacial score (nSPS) is 11.7. The molecule has 0 fully saturated rings. The van der Waals surface area contributed by atoms with Crippen LogP contribution in [0.3, 0.4) is 0 Å². The molecule has 2 nitrogen and oxygen atoms in total. The highest BCUT2D eigenvalue weighted by atomic mass is 32.5. The van der Waals surface area contributed by atoms with Crippen LogP contribution in [0.4, 0.5) is 0 Å². The second-order valence-corrected chi connectivity index (χ2v) is 13.0. The summed E-state index contributed by atoms with van der Waals surface area (Å²) in [5.41, 5.74) is 5.17. The smallest absolute Gasteiger partial charge is 0.391 e. The zero-order valence-corrected chi connectivity index (χ0v) is 21.8. The van der Waals surface area contributed by atoms with E-state index in [0.717, 1.165) is 11.5 Å². The molecule has 0 heterocycles. The molecule has 0 unspecified atom stereocenters. The highest BCUT2D eigenvalue weighted by molar-refractivity contribution is 8.39. The predicted octanol–water partition coefficient (Wildman–Crippen LogP) is 7.44. The number of para-hydroxylation sites is 2. The van der Waals surface area contributed by atoms with Crippen molar-refractivity contribution in [3.8, 4) is 11.5 Å². The van der Waals surface area contributed by atoms with Crippen molar-refractivity contribution in [2.24, 2.45) is 0 Å². The lowest BCUT2D eigenvalue weighted by molar-refractivity contribution is 0.572. The molecule has 0 aromatic heterocycles. The van der Waals surface area contributed by atoms with Crippen molar-refractivity contribution in [3.63, 3.8) is 0 Å². The Labute approximate surface area is 186 Å². The first-order valence-electron chi connectivity index (χ1n) is 10.5. The van der Waals surface area contributed by atoms with Gasteiger partial charge >= 0.3 is 17.8 Å². The Morgan fingerprint density at radius 2 is 0.828 bits per heavy atom. The number of rotatable bonds is 10. The van der Waals surface area contributed by atoms with Crippen molar-refractivity contribution < 1.29 is 8.85 Å². The summed E-state index contributed by atoms with van der Waals surface area (Å²) in [5.74, 6) is 3.93. The van der Waals surface area contributed by atoms with Gasteiger partial charge in [0.1, 0.15) is 11.5 Å². The lowest BCUT2D eigenvalue weighted by atomic mass is 9.94. The molecule has 2 rings (SSSR count). The molecule has 29 heavy (non-hydrogen) atoms. The molecule has 0 aliphatic carbocycles. The Balaban J connectivity index is 2.05. The van der Waals surface area contributed by atoms with Gasteiger partial charge in [0.05, 0.1) is 0 Å². The summed E-state index contributed by atoms with van der Waals surface area (Å²) in [6.45, 7) is 17.8. The van der Waals surface area contributed by atoms with E-state index in [1.165, 1.54) is 22.3 Å². The molecule has 4 radical (unpaired) electrons. The monoisotopic (exact) mass is 442 g/mol. The standard InChI is InChI=1S/C24H34O2SSi2/c1-15(2)19-11-9-12-20(16(3)4)23(19)25-28-27-29-26-24-21(17(5)6)13-10-14-22(24)18(7)8/h9-18H,1-8H3. The SMILES string of the molecule is CC(C)c1cccc(C(C)C)c1O[Si]S[Si]Oc1c(C(C)C)cccc1C(C)C. The molecule has 0 aliphatic rings. The van der Waals surface area contributed by atoms with E-state index in [1.54, 1.807) is 10.7 Å². The van der Waals surface area contributed by atoms with E-state index in [2.05, 4.69) is 91.8 Å². The number of hydrogen-bond donors (Lipinski definition) is 0. The van der Waals surface area contributed by atoms with Crippen LogP contribution in [0.15, 0.2) is 36.4 Å². The van der Waals surface area contributed by atoms with E-state index in [9.17, 15) is 0 Å². The molecule has 0 atom stereocenters. The van der Waals surface area contributed by atoms with Gasteiger partial charge in [-0.1, -0.05) is 91.8 Å². The Morgan fingerprint density at radius 1 is 0.552 bits per heavy atom. The van der Waals surface area contributed by atoms with Crippen molar-refractivity contribution in [1.82, 2.24) is 0 Å². The molecule has 0 N–H and O–H groups in total. The molecule has 0 spiro atoms. The van der Waals surface area contributed by atoms with Crippen molar-refractivity contribution in [1.29, 1.82) is 0 Å². The summed E-state index contributed by atoms with van der Waals surface area (Å²) in [7, 11) is 2.39. The van der Waals surface area contributed by atoms with Gasteiger partial charge < -0.3 is 8.85 Å². The van der Waals surface area contributed by atoms with Crippen LogP contribution in [-0.2, 0) is 0 Å². The minimum atomic E-state index is 0.326. The first kappa shape index (κ1) is 24.1. The average Bonchev–Trinajstić information content (AvgIpc) is 2.66. The van der Waals surface area contributed by atoms with Gasteiger partial charge in [-0.2, -0.15) is 0 Å². The van der Waals surface area contributed by atoms with E-state index >= 15 is 0 Å². The molecule has 0 saturated carbocycles. The summed E-state index contributed by atoms with van der Waals surface area (Å²) in [6, 6.07) is 13.0. The third kappa shape index (κ3) is 6.40. The minimum absolute atomic E-state index is 0.326. The van der Waals surface area contributed by atoms with Crippen molar-refractivity contribution in [2.45, 2.75) is 79.1 Å². The maximum atomic E-state index is 6.30. The van der Waals surface area contributed by atoms with Gasteiger partial charge in [-0.05, 0) is 45.9 Å². The third-order valence-corrected chi connectivity index (χ3v) is 8.25. The highest BCUT2D eigenvalue weighted by Gasteiger charge is 2.17. The second-order valence-electron chi connectivity index (χ2n) is 8.62. The topological polar surface area (TPSA) is 18.5 Å². The largest absolute Gasteiger partial charge is 0.530 e. The lowest BCUT2D eigenvalue weighted by Gasteiger charge is -2.20. The van der Waals surface area contributed by atoms with Crippen LogP contribution in [0, 0.1) is 0 Å². The Morgan fingerprint density at radius 3 is 1.07 bits per heavy atom. The summed E-state index contributed by atoms with van der Waals surface area (Å²) in [5, 5.41) is 0. The highest BCUT2D eigenvalue weighted by Crippen LogP contribution is 2.36. The fourth-order valence-electron chi connectivity index (χ4n) is 3.34. The Bertz CT molecular complexity index is 670. The van der Waals surface area contributed by atoms with Crippen LogP contribution < -0.4 is 8.85 Å².